The predicted molar refractivity (Wildman–Crippen MR) is 63.9 cm³/mol. The number of aromatic nitrogens is 2. The van der Waals surface area contributed by atoms with Crippen molar-refractivity contribution in [1.82, 2.24) is 15.5 Å². The van der Waals surface area contributed by atoms with E-state index < -0.39 is 0 Å². The molecule has 0 radical (unpaired) electrons. The van der Waals surface area contributed by atoms with Crippen LogP contribution in [0.3, 0.4) is 0 Å². The number of ether oxygens (including phenoxy) is 1. The third kappa shape index (κ3) is 2.11. The lowest BCUT2D eigenvalue weighted by Gasteiger charge is -2.20. The van der Waals surface area contributed by atoms with Crippen molar-refractivity contribution in [1.29, 1.82) is 0 Å². The SMILES string of the molecule is Cc1cscc1-c1nc(C2COCCN2)no1. The molecule has 1 unspecified atom stereocenters. The smallest absolute Gasteiger partial charge is 0.259 e. The molecule has 90 valence electrons. The van der Waals surface area contributed by atoms with Crippen LogP contribution in [0.5, 0.6) is 0 Å². The Morgan fingerprint density at radius 2 is 2.41 bits per heavy atom. The van der Waals surface area contributed by atoms with E-state index in [0.717, 1.165) is 24.3 Å². The summed E-state index contributed by atoms with van der Waals surface area (Å²) in [6, 6.07) is 0.0418. The molecule has 1 atom stereocenters. The van der Waals surface area contributed by atoms with Crippen LogP contribution in [0.15, 0.2) is 15.3 Å². The van der Waals surface area contributed by atoms with Crippen molar-refractivity contribution in [3.8, 4) is 11.5 Å². The van der Waals surface area contributed by atoms with Gasteiger partial charge in [-0.3, -0.25) is 0 Å². The van der Waals surface area contributed by atoms with Crippen molar-refractivity contribution in [3.63, 3.8) is 0 Å². The maximum atomic E-state index is 5.38. The summed E-state index contributed by atoms with van der Waals surface area (Å²) in [5, 5.41) is 11.4. The summed E-state index contributed by atoms with van der Waals surface area (Å²) >= 11 is 1.64. The first-order chi connectivity index (χ1) is 8.34. The molecule has 1 aliphatic heterocycles. The highest BCUT2D eigenvalue weighted by atomic mass is 32.1. The Balaban J connectivity index is 1.85. The highest BCUT2D eigenvalue weighted by molar-refractivity contribution is 7.08. The van der Waals surface area contributed by atoms with Gasteiger partial charge < -0.3 is 14.6 Å². The van der Waals surface area contributed by atoms with Crippen molar-refractivity contribution in [2.45, 2.75) is 13.0 Å². The third-order valence-electron chi connectivity index (χ3n) is 2.76. The van der Waals surface area contributed by atoms with Crippen LogP contribution in [0, 0.1) is 6.92 Å². The van der Waals surface area contributed by atoms with Crippen LogP contribution in [-0.2, 0) is 4.74 Å². The van der Waals surface area contributed by atoms with Crippen LogP contribution in [0.4, 0.5) is 0 Å². The van der Waals surface area contributed by atoms with E-state index in [1.165, 1.54) is 0 Å². The summed E-state index contributed by atoms with van der Waals surface area (Å²) in [7, 11) is 0. The van der Waals surface area contributed by atoms with E-state index in [1.54, 1.807) is 11.3 Å². The van der Waals surface area contributed by atoms with Crippen LogP contribution in [-0.4, -0.2) is 29.9 Å². The normalized spacial score (nSPS) is 20.6. The van der Waals surface area contributed by atoms with E-state index in [-0.39, 0.29) is 6.04 Å². The molecule has 1 fully saturated rings. The largest absolute Gasteiger partial charge is 0.378 e. The highest BCUT2D eigenvalue weighted by Gasteiger charge is 2.21. The monoisotopic (exact) mass is 251 g/mol. The van der Waals surface area contributed by atoms with E-state index in [9.17, 15) is 0 Å². The number of hydrogen-bond donors (Lipinski definition) is 1. The molecule has 2 aromatic heterocycles. The molecular formula is C11H13N3O2S. The van der Waals surface area contributed by atoms with Crippen LogP contribution in [0.1, 0.15) is 17.4 Å². The van der Waals surface area contributed by atoms with Gasteiger partial charge in [0.05, 0.1) is 24.8 Å². The lowest BCUT2D eigenvalue weighted by molar-refractivity contribution is 0.0734. The van der Waals surface area contributed by atoms with Crippen molar-refractivity contribution in [2.24, 2.45) is 0 Å². The minimum Gasteiger partial charge on any atom is -0.378 e. The fourth-order valence-electron chi connectivity index (χ4n) is 1.80. The van der Waals surface area contributed by atoms with Gasteiger partial charge in [0.15, 0.2) is 5.82 Å². The Kier molecular flexibility index (Phi) is 2.92. The Bertz CT molecular complexity index is 502. The van der Waals surface area contributed by atoms with Gasteiger partial charge in [-0.25, -0.2) is 0 Å². The molecule has 0 bridgehead atoms. The topological polar surface area (TPSA) is 60.2 Å². The molecular weight excluding hydrogens is 238 g/mol. The van der Waals surface area contributed by atoms with Crippen molar-refractivity contribution < 1.29 is 9.26 Å². The Labute approximate surface area is 103 Å². The molecule has 0 spiro atoms. The minimum absolute atomic E-state index is 0.0418. The van der Waals surface area contributed by atoms with Crippen molar-refractivity contribution in [3.05, 3.63) is 22.1 Å². The summed E-state index contributed by atoms with van der Waals surface area (Å²) in [4.78, 5) is 4.42. The second-order valence-corrected chi connectivity index (χ2v) is 4.75. The molecule has 0 amide bonds. The Morgan fingerprint density at radius 3 is 3.12 bits per heavy atom. The number of hydrogen-bond acceptors (Lipinski definition) is 6. The van der Waals surface area contributed by atoms with Crippen LogP contribution < -0.4 is 5.32 Å². The van der Waals surface area contributed by atoms with Crippen LogP contribution in [0.2, 0.25) is 0 Å². The first kappa shape index (κ1) is 10.9. The molecule has 0 aliphatic carbocycles. The fraction of sp³-hybridized carbons (Fsp3) is 0.455. The zero-order chi connectivity index (χ0) is 11.7. The lowest BCUT2D eigenvalue weighted by atomic mass is 10.2. The lowest BCUT2D eigenvalue weighted by Crippen LogP contribution is -2.35. The number of rotatable bonds is 2. The van der Waals surface area contributed by atoms with Gasteiger partial charge >= 0.3 is 0 Å². The molecule has 1 saturated heterocycles. The van der Waals surface area contributed by atoms with E-state index >= 15 is 0 Å². The highest BCUT2D eigenvalue weighted by Crippen LogP contribution is 2.26. The van der Waals surface area contributed by atoms with E-state index in [4.69, 9.17) is 9.26 Å². The fourth-order valence-corrected chi connectivity index (χ4v) is 2.62. The van der Waals surface area contributed by atoms with Gasteiger partial charge in [0.25, 0.3) is 5.89 Å². The third-order valence-corrected chi connectivity index (χ3v) is 3.62. The minimum atomic E-state index is 0.0418. The average Bonchev–Trinajstić information content (AvgIpc) is 2.98. The Hall–Kier alpha value is -1.24. The van der Waals surface area contributed by atoms with Crippen LogP contribution >= 0.6 is 11.3 Å². The molecule has 3 rings (SSSR count). The van der Waals surface area contributed by atoms with Crippen molar-refractivity contribution >= 4 is 11.3 Å². The second-order valence-electron chi connectivity index (χ2n) is 4.01. The number of nitrogens with one attached hydrogen (secondary N) is 1. The van der Waals surface area contributed by atoms with E-state index in [0.29, 0.717) is 18.3 Å². The molecule has 3 heterocycles. The van der Waals surface area contributed by atoms with Gasteiger partial charge in [0.2, 0.25) is 0 Å². The molecule has 1 N–H and O–H groups in total. The number of morpholine rings is 1. The maximum Gasteiger partial charge on any atom is 0.259 e. The maximum absolute atomic E-state index is 5.38. The molecule has 1 aliphatic rings. The summed E-state index contributed by atoms with van der Waals surface area (Å²) in [5.74, 6) is 1.26. The first-order valence-corrected chi connectivity index (χ1v) is 6.47. The van der Waals surface area contributed by atoms with E-state index in [1.807, 2.05) is 12.3 Å². The molecule has 0 saturated carbocycles. The number of aryl methyl sites for hydroxylation is 1. The molecule has 5 nitrogen and oxygen atoms in total. The number of thiophene rings is 1. The zero-order valence-corrected chi connectivity index (χ0v) is 10.3. The summed E-state index contributed by atoms with van der Waals surface area (Å²) in [6.45, 7) is 4.20. The summed E-state index contributed by atoms with van der Waals surface area (Å²) < 4.78 is 10.7. The molecule has 2 aromatic rings. The molecule has 0 aromatic carbocycles. The standard InChI is InChI=1S/C11H13N3O2S/c1-7-5-17-6-8(7)11-13-10(14-16-11)9-4-15-3-2-12-9/h5-6,9,12H,2-4H2,1H3. The summed E-state index contributed by atoms with van der Waals surface area (Å²) in [6.07, 6.45) is 0. The van der Waals surface area contributed by atoms with Gasteiger partial charge in [-0.2, -0.15) is 16.3 Å². The van der Waals surface area contributed by atoms with Gasteiger partial charge in [-0.05, 0) is 17.9 Å². The summed E-state index contributed by atoms with van der Waals surface area (Å²) in [5.41, 5.74) is 2.18. The van der Waals surface area contributed by atoms with E-state index in [2.05, 4.69) is 20.8 Å². The van der Waals surface area contributed by atoms with Gasteiger partial charge in [0.1, 0.15) is 0 Å². The van der Waals surface area contributed by atoms with Gasteiger partial charge in [-0.1, -0.05) is 5.16 Å². The quantitative estimate of drug-likeness (QED) is 0.881. The zero-order valence-electron chi connectivity index (χ0n) is 9.47. The van der Waals surface area contributed by atoms with Gasteiger partial charge in [0, 0.05) is 11.9 Å². The molecule has 17 heavy (non-hydrogen) atoms. The second kappa shape index (κ2) is 4.56. The average molecular weight is 251 g/mol. The predicted octanol–water partition coefficient (Wildman–Crippen LogP) is 1.77. The van der Waals surface area contributed by atoms with Gasteiger partial charge in [-0.15, -0.1) is 0 Å². The van der Waals surface area contributed by atoms with Crippen molar-refractivity contribution in [2.75, 3.05) is 19.8 Å². The first-order valence-electron chi connectivity index (χ1n) is 5.52. The number of nitrogens with zero attached hydrogens (tertiary/aromatic N) is 2. The molecule has 6 heteroatoms. The Morgan fingerprint density at radius 1 is 1.47 bits per heavy atom. The van der Waals surface area contributed by atoms with Crippen LogP contribution in [0.25, 0.3) is 11.5 Å².